The number of hydrogen-bond donors (Lipinski definition) is 2. The van der Waals surface area contributed by atoms with E-state index in [1.54, 1.807) is 0 Å². The summed E-state index contributed by atoms with van der Waals surface area (Å²) in [6, 6.07) is 0.148. The van der Waals surface area contributed by atoms with Gasteiger partial charge in [-0.05, 0) is 19.3 Å². The lowest BCUT2D eigenvalue weighted by atomic mass is 10.3. The number of nitrogens with one attached hydrogen (secondary N) is 2. The molecule has 0 aromatic carbocycles. The van der Waals surface area contributed by atoms with Crippen LogP contribution in [0.1, 0.15) is 29.6 Å². The number of amides is 1. The summed E-state index contributed by atoms with van der Waals surface area (Å²) in [6.07, 6.45) is 5.54. The predicted octanol–water partition coefficient (Wildman–Crippen LogP) is -0.0322. The zero-order chi connectivity index (χ0) is 14.2. The molecule has 2 aliphatic rings. The number of hydrogen-bond acceptors (Lipinski definition) is 6. The number of aromatic nitrogens is 2. The van der Waals surface area contributed by atoms with E-state index in [1.165, 1.54) is 12.4 Å². The fourth-order valence-corrected chi connectivity index (χ4v) is 3.78. The molecule has 1 aliphatic carbocycles. The van der Waals surface area contributed by atoms with E-state index in [4.69, 9.17) is 0 Å². The zero-order valence-corrected chi connectivity index (χ0v) is 11.7. The van der Waals surface area contributed by atoms with Crippen molar-refractivity contribution in [2.75, 3.05) is 16.8 Å². The van der Waals surface area contributed by atoms with Gasteiger partial charge in [-0.1, -0.05) is 0 Å². The summed E-state index contributed by atoms with van der Waals surface area (Å²) >= 11 is 0. The molecule has 1 saturated heterocycles. The van der Waals surface area contributed by atoms with Crippen LogP contribution in [0.4, 0.5) is 5.95 Å². The van der Waals surface area contributed by atoms with E-state index in [0.717, 1.165) is 12.8 Å². The van der Waals surface area contributed by atoms with Gasteiger partial charge >= 0.3 is 0 Å². The van der Waals surface area contributed by atoms with E-state index in [1.807, 2.05) is 0 Å². The highest BCUT2D eigenvalue weighted by molar-refractivity contribution is 7.91. The summed E-state index contributed by atoms with van der Waals surface area (Å²) in [5.74, 6) is 0.505. The normalized spacial score (nSPS) is 24.3. The van der Waals surface area contributed by atoms with Gasteiger partial charge in [0.2, 0.25) is 5.95 Å². The smallest absolute Gasteiger partial charge is 0.254 e. The molecule has 1 amide bonds. The maximum Gasteiger partial charge on any atom is 0.254 e. The lowest BCUT2D eigenvalue weighted by molar-refractivity contribution is 0.0950. The van der Waals surface area contributed by atoms with Crippen LogP contribution in [0.25, 0.3) is 0 Å². The van der Waals surface area contributed by atoms with Gasteiger partial charge in [0.15, 0.2) is 9.84 Å². The van der Waals surface area contributed by atoms with Gasteiger partial charge in [0.1, 0.15) is 0 Å². The molecule has 20 heavy (non-hydrogen) atoms. The third-order valence-electron chi connectivity index (χ3n) is 3.39. The van der Waals surface area contributed by atoms with Gasteiger partial charge in [-0.25, -0.2) is 18.4 Å². The lowest BCUT2D eigenvalue weighted by Gasteiger charge is -2.10. The number of sulfone groups is 1. The first-order chi connectivity index (χ1) is 9.52. The minimum absolute atomic E-state index is 0.111. The fourth-order valence-electron chi connectivity index (χ4n) is 2.11. The zero-order valence-electron chi connectivity index (χ0n) is 10.9. The van der Waals surface area contributed by atoms with Crippen molar-refractivity contribution >= 4 is 21.7 Å². The van der Waals surface area contributed by atoms with E-state index in [2.05, 4.69) is 20.6 Å². The third-order valence-corrected chi connectivity index (χ3v) is 5.16. The largest absolute Gasteiger partial charge is 0.350 e. The summed E-state index contributed by atoms with van der Waals surface area (Å²) < 4.78 is 22.7. The fraction of sp³-hybridized carbons (Fsp3) is 0.583. The molecule has 8 heteroatoms. The molecule has 0 bridgehead atoms. The van der Waals surface area contributed by atoms with Crippen molar-refractivity contribution in [3.63, 3.8) is 0 Å². The van der Waals surface area contributed by atoms with Crippen LogP contribution in [0.3, 0.4) is 0 Å². The molecule has 1 unspecified atom stereocenters. The number of carbonyl (C=O) groups excluding carboxylic acids is 1. The molecular weight excluding hydrogens is 280 g/mol. The number of anilines is 1. The molecule has 108 valence electrons. The molecule has 7 nitrogen and oxygen atoms in total. The highest BCUT2D eigenvalue weighted by atomic mass is 32.2. The number of carbonyl (C=O) groups is 1. The van der Waals surface area contributed by atoms with E-state index >= 15 is 0 Å². The molecule has 1 atom stereocenters. The average molecular weight is 296 g/mol. The van der Waals surface area contributed by atoms with Crippen LogP contribution >= 0.6 is 0 Å². The van der Waals surface area contributed by atoms with Gasteiger partial charge in [-0.2, -0.15) is 0 Å². The summed E-state index contributed by atoms with van der Waals surface area (Å²) in [7, 11) is -2.93. The summed E-state index contributed by atoms with van der Waals surface area (Å²) in [4.78, 5) is 19.9. The van der Waals surface area contributed by atoms with Gasteiger partial charge in [0.05, 0.1) is 17.1 Å². The topological polar surface area (TPSA) is 101 Å². The molecule has 0 spiro atoms. The van der Waals surface area contributed by atoms with Gasteiger partial charge in [0, 0.05) is 24.5 Å². The quantitative estimate of drug-likeness (QED) is 0.809. The van der Waals surface area contributed by atoms with Crippen LogP contribution in [-0.2, 0) is 9.84 Å². The van der Waals surface area contributed by atoms with E-state index in [-0.39, 0.29) is 23.5 Å². The highest BCUT2D eigenvalue weighted by Crippen LogP contribution is 2.19. The molecule has 1 aromatic rings. The van der Waals surface area contributed by atoms with Crippen molar-refractivity contribution in [3.05, 3.63) is 18.0 Å². The van der Waals surface area contributed by atoms with Crippen LogP contribution in [0.2, 0.25) is 0 Å². The van der Waals surface area contributed by atoms with Crippen LogP contribution in [0.5, 0.6) is 0 Å². The van der Waals surface area contributed by atoms with Gasteiger partial charge in [0.25, 0.3) is 5.91 Å². The van der Waals surface area contributed by atoms with E-state index in [0.29, 0.717) is 24.0 Å². The summed E-state index contributed by atoms with van der Waals surface area (Å²) in [5, 5.41) is 5.84. The second kappa shape index (κ2) is 5.01. The van der Waals surface area contributed by atoms with Crippen molar-refractivity contribution in [2.45, 2.75) is 31.3 Å². The van der Waals surface area contributed by atoms with Crippen molar-refractivity contribution in [2.24, 2.45) is 0 Å². The van der Waals surface area contributed by atoms with Gasteiger partial charge in [-0.15, -0.1) is 0 Å². The Labute approximate surface area is 117 Å². The first-order valence-electron chi connectivity index (χ1n) is 6.62. The van der Waals surface area contributed by atoms with Crippen LogP contribution < -0.4 is 10.6 Å². The standard InChI is InChI=1S/C12H16N4O3S/c17-11(15-9-1-2-9)8-5-13-12(14-6-8)16-10-3-4-20(18,19)7-10/h5-6,9-10H,1-4,7H2,(H,15,17)(H,13,14,16). The van der Waals surface area contributed by atoms with Crippen LogP contribution in [-0.4, -0.2) is 47.9 Å². The van der Waals surface area contributed by atoms with Gasteiger partial charge in [-0.3, -0.25) is 4.79 Å². The van der Waals surface area contributed by atoms with Crippen LogP contribution in [0.15, 0.2) is 12.4 Å². The average Bonchev–Trinajstić information content (AvgIpc) is 3.14. The Balaban J connectivity index is 1.59. The van der Waals surface area contributed by atoms with Crippen molar-refractivity contribution in [1.29, 1.82) is 0 Å². The Morgan fingerprint density at radius 2 is 1.85 bits per heavy atom. The Kier molecular flexibility index (Phi) is 3.33. The molecule has 0 radical (unpaired) electrons. The maximum atomic E-state index is 11.7. The molecule has 1 saturated carbocycles. The maximum absolute atomic E-state index is 11.7. The number of rotatable bonds is 4. The first kappa shape index (κ1) is 13.3. The van der Waals surface area contributed by atoms with Gasteiger partial charge < -0.3 is 10.6 Å². The third kappa shape index (κ3) is 3.24. The SMILES string of the molecule is O=C(NC1CC1)c1cnc(NC2CCS(=O)(=O)C2)nc1. The predicted molar refractivity (Wildman–Crippen MR) is 73.2 cm³/mol. The second-order valence-corrected chi connectivity index (χ2v) is 7.52. The minimum Gasteiger partial charge on any atom is -0.350 e. The Bertz CT molecular complexity index is 610. The summed E-state index contributed by atoms with van der Waals surface area (Å²) in [6.45, 7) is 0. The minimum atomic E-state index is -2.93. The summed E-state index contributed by atoms with van der Waals surface area (Å²) in [5.41, 5.74) is 0.418. The van der Waals surface area contributed by atoms with Crippen LogP contribution in [0, 0.1) is 0 Å². The molecule has 2 fully saturated rings. The monoisotopic (exact) mass is 296 g/mol. The first-order valence-corrected chi connectivity index (χ1v) is 8.44. The van der Waals surface area contributed by atoms with Crippen molar-refractivity contribution in [3.8, 4) is 0 Å². The number of nitrogens with zero attached hydrogens (tertiary/aromatic N) is 2. The molecule has 1 aliphatic heterocycles. The molecule has 3 rings (SSSR count). The van der Waals surface area contributed by atoms with Crippen molar-refractivity contribution in [1.82, 2.24) is 15.3 Å². The highest BCUT2D eigenvalue weighted by Gasteiger charge is 2.28. The second-order valence-electron chi connectivity index (χ2n) is 5.29. The molecule has 1 aromatic heterocycles. The molecule has 2 heterocycles. The molecular formula is C12H16N4O3S. The van der Waals surface area contributed by atoms with E-state index in [9.17, 15) is 13.2 Å². The van der Waals surface area contributed by atoms with Crippen molar-refractivity contribution < 1.29 is 13.2 Å². The molecule has 2 N–H and O–H groups in total. The Morgan fingerprint density at radius 1 is 1.15 bits per heavy atom. The Hall–Kier alpha value is -1.70. The Morgan fingerprint density at radius 3 is 2.40 bits per heavy atom. The van der Waals surface area contributed by atoms with E-state index < -0.39 is 9.84 Å². The lowest BCUT2D eigenvalue weighted by Crippen LogP contribution is -2.26.